The summed E-state index contributed by atoms with van der Waals surface area (Å²) in [6, 6.07) is 5.65. The third-order valence-electron chi connectivity index (χ3n) is 2.35. The summed E-state index contributed by atoms with van der Waals surface area (Å²) in [4.78, 5) is 0. The van der Waals surface area contributed by atoms with Crippen LogP contribution in [0.5, 0.6) is 0 Å². The molecule has 0 aromatic heterocycles. The smallest absolute Gasteiger partial charge is 0.517 e. The molecule has 164 valence electrons. The highest BCUT2D eigenvalue weighted by molar-refractivity contribution is 7.86. The van der Waals surface area contributed by atoms with Gasteiger partial charge in [-0.1, -0.05) is 18.2 Å². The van der Waals surface area contributed by atoms with Gasteiger partial charge in [0.15, 0.2) is 13.7 Å². The summed E-state index contributed by atoms with van der Waals surface area (Å²) in [5, 5.41) is 0. The summed E-state index contributed by atoms with van der Waals surface area (Å²) in [6.07, 6.45) is -6.76. The van der Waals surface area contributed by atoms with E-state index in [4.69, 9.17) is 13.0 Å². The van der Waals surface area contributed by atoms with Gasteiger partial charge < -0.3 is 4.55 Å². The number of hydrogen-bond donors (Lipinski definition) is 0. The molecule has 0 saturated heterocycles. The zero-order valence-electron chi connectivity index (χ0n) is 12.4. The fourth-order valence-electron chi connectivity index (χ4n) is 1.03. The van der Waals surface area contributed by atoms with E-state index in [1.807, 2.05) is 0 Å². The molecular formula is C11H5F12IO3S. The lowest BCUT2D eigenvalue weighted by Gasteiger charge is -2.28. The molecule has 0 bridgehead atoms. The minimum absolute atomic E-state index is 0.381. The molecule has 0 fully saturated rings. The third kappa shape index (κ3) is 6.26. The molecule has 1 aromatic carbocycles. The van der Waals surface area contributed by atoms with Crippen LogP contribution in [-0.2, 0) is 10.1 Å². The van der Waals surface area contributed by atoms with Gasteiger partial charge in [-0.2, -0.15) is 52.7 Å². The van der Waals surface area contributed by atoms with Gasteiger partial charge in [-0.25, -0.2) is 8.42 Å². The molecule has 3 nitrogen and oxygen atoms in total. The molecule has 0 saturated carbocycles. The molecule has 1 aromatic rings. The lowest BCUT2D eigenvalue weighted by Crippen LogP contribution is -3.68. The number of alkyl halides is 13. The van der Waals surface area contributed by atoms with E-state index in [-0.39, 0.29) is 3.57 Å². The van der Waals surface area contributed by atoms with E-state index in [1.54, 1.807) is 0 Å². The Morgan fingerprint density at radius 2 is 1.07 bits per heavy atom. The highest BCUT2D eigenvalue weighted by Gasteiger charge is 2.87. The molecule has 0 N–H and O–H groups in total. The van der Waals surface area contributed by atoms with Gasteiger partial charge in [0.2, 0.25) is 0 Å². The lowest BCUT2D eigenvalue weighted by atomic mass is 10.2. The third-order valence-corrected chi connectivity index (χ3v) is 5.61. The van der Waals surface area contributed by atoms with Crippen LogP contribution in [0.25, 0.3) is 0 Å². The molecule has 0 radical (unpaired) electrons. The average molecular weight is 572 g/mol. The monoisotopic (exact) mass is 572 g/mol. The number of benzene rings is 1. The predicted octanol–water partition coefficient (Wildman–Crippen LogP) is 1.42. The first-order valence-electron chi connectivity index (χ1n) is 6.01. The molecule has 0 aliphatic heterocycles. The van der Waals surface area contributed by atoms with Gasteiger partial charge >= 0.3 is 48.7 Å². The fraction of sp³-hybridized carbons (Fsp3) is 0.455. The molecule has 0 aliphatic rings. The molecule has 28 heavy (non-hydrogen) atoms. The second-order valence-corrected chi connectivity index (χ2v) is 8.95. The maximum Gasteiger partial charge on any atom is 0.517 e. The summed E-state index contributed by atoms with van der Waals surface area (Å²) in [5.74, 6) is -13.3. The zero-order valence-corrected chi connectivity index (χ0v) is 15.4. The van der Waals surface area contributed by atoms with Crippen molar-refractivity contribution in [3.8, 4) is 0 Å². The molecular weight excluding hydrogens is 567 g/mol. The maximum atomic E-state index is 13.2. The first-order valence-corrected chi connectivity index (χ1v) is 9.58. The lowest BCUT2D eigenvalue weighted by molar-refractivity contribution is -0.790. The summed E-state index contributed by atoms with van der Waals surface area (Å²) >= 11 is -3.09. The van der Waals surface area contributed by atoms with Crippen molar-refractivity contribution in [2.75, 3.05) is 0 Å². The zero-order chi connectivity index (χ0) is 22.8. The van der Waals surface area contributed by atoms with Crippen molar-refractivity contribution < 1.29 is 86.9 Å². The summed E-state index contributed by atoms with van der Waals surface area (Å²) in [5.41, 5.74) is -5.65. The Hall–Kier alpha value is -0.980. The Bertz CT molecular complexity index is 742. The number of rotatable bonds is 4. The van der Waals surface area contributed by atoms with E-state index >= 15 is 0 Å². The molecule has 0 spiro atoms. The Labute approximate surface area is 158 Å². The van der Waals surface area contributed by atoms with Crippen LogP contribution in [0.15, 0.2) is 30.3 Å². The Morgan fingerprint density at radius 3 is 1.36 bits per heavy atom. The molecule has 0 unspecified atom stereocenters. The summed E-state index contributed by atoms with van der Waals surface area (Å²) < 4.78 is 166. The standard InChI is InChI=1S/C10H5F9I.CHF3O3S/c11-7(12,9(15,16)17)8(13,14)10(18,19)20-6-4-2-1-3-5-6;2-1(3,4)8(5,6)7/h1-5H;(H,5,6,7)/q+1;/p-1. The minimum atomic E-state index is -6.81. The summed E-state index contributed by atoms with van der Waals surface area (Å²) in [7, 11) is -6.09. The second kappa shape index (κ2) is 8.41. The topological polar surface area (TPSA) is 57.2 Å². The van der Waals surface area contributed by atoms with Crippen LogP contribution in [0, 0.1) is 3.57 Å². The highest BCUT2D eigenvalue weighted by atomic mass is 127. The molecule has 0 aliphatic carbocycles. The van der Waals surface area contributed by atoms with Gasteiger partial charge in [0.1, 0.15) is 0 Å². The maximum absolute atomic E-state index is 13.2. The van der Waals surface area contributed by atoms with E-state index in [0.717, 1.165) is 12.1 Å². The van der Waals surface area contributed by atoms with Crippen LogP contribution >= 0.6 is 0 Å². The van der Waals surface area contributed by atoms with Crippen molar-refractivity contribution >= 4 is 10.1 Å². The van der Waals surface area contributed by atoms with Crippen LogP contribution in [-0.4, -0.2) is 40.4 Å². The highest BCUT2D eigenvalue weighted by Crippen LogP contribution is 2.50. The van der Waals surface area contributed by atoms with Crippen molar-refractivity contribution in [3.63, 3.8) is 0 Å². The van der Waals surface area contributed by atoms with Gasteiger partial charge in [0.05, 0.1) is 0 Å². The van der Waals surface area contributed by atoms with Crippen molar-refractivity contribution in [3.05, 3.63) is 33.9 Å². The first-order chi connectivity index (χ1) is 12.1. The SMILES string of the molecule is FC(F)(F)C(F)(F)C(F)(F)C(F)(F)[I+]c1ccccc1.O=S(=O)([O-])C(F)(F)F. The van der Waals surface area contributed by atoms with Crippen LogP contribution in [0.1, 0.15) is 0 Å². The molecule has 0 amide bonds. The van der Waals surface area contributed by atoms with Gasteiger partial charge in [-0.15, -0.1) is 0 Å². The van der Waals surface area contributed by atoms with Crippen molar-refractivity contribution in [2.24, 2.45) is 0 Å². The normalized spacial score (nSPS) is 14.3. The number of halogens is 13. The largest absolute Gasteiger partial charge is 0.741 e. The molecule has 0 heterocycles. The van der Waals surface area contributed by atoms with Crippen LogP contribution in [0.3, 0.4) is 0 Å². The first kappa shape index (κ1) is 27.0. The van der Waals surface area contributed by atoms with Gasteiger partial charge in [0.25, 0.3) is 0 Å². The second-order valence-electron chi connectivity index (χ2n) is 4.43. The predicted molar refractivity (Wildman–Crippen MR) is 61.8 cm³/mol. The molecule has 0 atom stereocenters. The van der Waals surface area contributed by atoms with Crippen molar-refractivity contribution in [1.29, 1.82) is 0 Å². The quantitative estimate of drug-likeness (QED) is 0.181. The van der Waals surface area contributed by atoms with E-state index in [0.29, 0.717) is 0 Å². The molecule has 17 heteroatoms. The fourth-order valence-corrected chi connectivity index (χ4v) is 3.26. The van der Waals surface area contributed by atoms with E-state index in [1.165, 1.54) is 18.2 Å². The van der Waals surface area contributed by atoms with Gasteiger partial charge in [-0.05, 0) is 12.1 Å². The van der Waals surface area contributed by atoms with Crippen LogP contribution in [0.2, 0.25) is 0 Å². The van der Waals surface area contributed by atoms with E-state index < -0.39 is 58.8 Å². The number of hydrogen-bond acceptors (Lipinski definition) is 3. The van der Waals surface area contributed by atoms with Crippen molar-refractivity contribution in [1.82, 2.24) is 0 Å². The van der Waals surface area contributed by atoms with Crippen LogP contribution < -0.4 is 21.2 Å². The van der Waals surface area contributed by atoms with Crippen LogP contribution in [0.4, 0.5) is 52.7 Å². The van der Waals surface area contributed by atoms with E-state index in [2.05, 4.69) is 0 Å². The van der Waals surface area contributed by atoms with E-state index in [9.17, 15) is 52.7 Å². The Balaban J connectivity index is 0.000000769. The Kier molecular flexibility index (Phi) is 8.11. The van der Waals surface area contributed by atoms with Crippen molar-refractivity contribution in [2.45, 2.75) is 27.5 Å². The summed E-state index contributed by atoms with van der Waals surface area (Å²) in [6.45, 7) is 0. The van der Waals surface area contributed by atoms with Gasteiger partial charge in [-0.3, -0.25) is 0 Å². The Morgan fingerprint density at radius 1 is 0.714 bits per heavy atom. The minimum Gasteiger partial charge on any atom is -0.741 e. The molecule has 1 rings (SSSR count). The van der Waals surface area contributed by atoms with Gasteiger partial charge in [0, 0.05) is 0 Å². The average Bonchev–Trinajstić information content (AvgIpc) is 2.44.